The fourth-order valence-corrected chi connectivity index (χ4v) is 2.17. The van der Waals surface area contributed by atoms with Gasteiger partial charge in [-0.25, -0.2) is 9.59 Å². The van der Waals surface area contributed by atoms with E-state index < -0.39 is 11.9 Å². The molecule has 0 saturated heterocycles. The molecule has 0 unspecified atom stereocenters. The van der Waals surface area contributed by atoms with Crippen LogP contribution in [-0.4, -0.2) is 11.9 Å². The lowest BCUT2D eigenvalue weighted by Gasteiger charge is -2.07. The van der Waals surface area contributed by atoms with Gasteiger partial charge in [0.05, 0.1) is 0 Å². The number of rotatable bonds is 8. The van der Waals surface area contributed by atoms with Gasteiger partial charge >= 0.3 is 11.9 Å². The molecule has 25 heavy (non-hydrogen) atoms. The van der Waals surface area contributed by atoms with Crippen molar-refractivity contribution < 1.29 is 19.1 Å². The summed E-state index contributed by atoms with van der Waals surface area (Å²) < 4.78 is 9.99. The van der Waals surface area contributed by atoms with Crippen molar-refractivity contribution in [1.29, 1.82) is 0 Å². The van der Waals surface area contributed by atoms with E-state index >= 15 is 0 Å². The molecular weight excluding hydrogens is 316 g/mol. The third kappa shape index (κ3) is 6.11. The summed E-state index contributed by atoms with van der Waals surface area (Å²) in [5, 5.41) is 0. The average Bonchev–Trinajstić information content (AvgIpc) is 2.66. The Morgan fingerprint density at radius 2 is 1.00 bits per heavy atom. The molecule has 2 aromatic carbocycles. The highest BCUT2D eigenvalue weighted by atomic mass is 16.5. The highest BCUT2D eigenvalue weighted by Gasteiger charge is 2.02. The molecule has 0 bridgehead atoms. The lowest BCUT2D eigenvalue weighted by molar-refractivity contribution is -0.139. The Bertz CT molecular complexity index is 677. The summed E-state index contributed by atoms with van der Waals surface area (Å²) in [6.45, 7) is 7.20. The molecule has 4 nitrogen and oxygen atoms in total. The number of hydrogen-bond donors (Lipinski definition) is 0. The Morgan fingerprint density at radius 1 is 0.680 bits per heavy atom. The van der Waals surface area contributed by atoms with Gasteiger partial charge in [-0.3, -0.25) is 0 Å². The Labute approximate surface area is 147 Å². The zero-order valence-corrected chi connectivity index (χ0v) is 13.9. The predicted octanol–water partition coefficient (Wildman–Crippen LogP) is 3.74. The predicted molar refractivity (Wildman–Crippen MR) is 95.7 cm³/mol. The number of carbonyl (C=O) groups excluding carboxylic acids is 2. The molecule has 4 heteroatoms. The molecule has 0 spiro atoms. The topological polar surface area (TPSA) is 52.6 Å². The van der Waals surface area contributed by atoms with Gasteiger partial charge in [-0.2, -0.15) is 0 Å². The fraction of sp³-hybridized carbons (Fsp3) is 0.143. The number of esters is 2. The quantitative estimate of drug-likeness (QED) is 0.544. The van der Waals surface area contributed by atoms with Gasteiger partial charge in [0.25, 0.3) is 0 Å². The third-order valence-electron chi connectivity index (χ3n) is 3.55. The largest absolute Gasteiger partial charge is 0.458 e. The molecule has 0 N–H and O–H groups in total. The summed E-state index contributed by atoms with van der Waals surface area (Å²) in [6, 6.07) is 15.8. The van der Waals surface area contributed by atoms with Crippen molar-refractivity contribution in [3.8, 4) is 0 Å². The van der Waals surface area contributed by atoms with Crippen LogP contribution in [0.3, 0.4) is 0 Å². The van der Waals surface area contributed by atoms with E-state index in [1.807, 2.05) is 48.5 Å². The van der Waals surface area contributed by atoms with E-state index in [-0.39, 0.29) is 13.2 Å². The molecule has 2 aromatic rings. The molecule has 0 aliphatic rings. The van der Waals surface area contributed by atoms with E-state index in [0.717, 1.165) is 40.8 Å². The van der Waals surface area contributed by atoms with E-state index in [4.69, 9.17) is 9.47 Å². The van der Waals surface area contributed by atoms with Gasteiger partial charge in [-0.05, 0) is 28.7 Å². The molecular formula is C21H20O4. The van der Waals surface area contributed by atoms with Crippen LogP contribution >= 0.6 is 0 Å². The molecule has 0 heterocycles. The van der Waals surface area contributed by atoms with Crippen LogP contribution < -0.4 is 0 Å². The van der Waals surface area contributed by atoms with E-state index in [9.17, 15) is 9.59 Å². The van der Waals surface area contributed by atoms with Crippen LogP contribution in [0.15, 0.2) is 73.8 Å². The van der Waals surface area contributed by atoms with Gasteiger partial charge < -0.3 is 9.47 Å². The summed E-state index contributed by atoms with van der Waals surface area (Å²) in [4.78, 5) is 22.1. The first-order valence-electron chi connectivity index (χ1n) is 7.84. The van der Waals surface area contributed by atoms with Gasteiger partial charge in [-0.1, -0.05) is 61.7 Å². The summed E-state index contributed by atoms with van der Waals surface area (Å²) in [7, 11) is 0. The SMILES string of the molecule is C=CC(=O)OCc1ccc(Cc2ccc(COC(=O)C=C)cc2)cc1. The first kappa shape index (κ1) is 18.2. The van der Waals surface area contributed by atoms with Crippen molar-refractivity contribution in [2.45, 2.75) is 19.6 Å². The summed E-state index contributed by atoms with van der Waals surface area (Å²) in [6.07, 6.45) is 3.09. The second-order valence-corrected chi connectivity index (χ2v) is 5.43. The second kappa shape index (κ2) is 9.23. The van der Waals surface area contributed by atoms with Crippen molar-refractivity contribution in [2.24, 2.45) is 0 Å². The maximum atomic E-state index is 11.0. The van der Waals surface area contributed by atoms with Crippen LogP contribution in [0.4, 0.5) is 0 Å². The molecule has 0 atom stereocenters. The Morgan fingerprint density at radius 3 is 1.32 bits per heavy atom. The van der Waals surface area contributed by atoms with Crippen LogP contribution in [0, 0.1) is 0 Å². The highest BCUT2D eigenvalue weighted by Crippen LogP contribution is 2.13. The minimum atomic E-state index is -0.428. The standard InChI is InChI=1S/C21H20O4/c1-3-20(22)24-14-18-9-5-16(6-10-18)13-17-7-11-19(12-8-17)15-25-21(23)4-2/h3-12H,1-2,13-15H2. The summed E-state index contributed by atoms with van der Waals surface area (Å²) >= 11 is 0. The molecule has 0 saturated carbocycles. The van der Waals surface area contributed by atoms with Crippen molar-refractivity contribution in [3.63, 3.8) is 0 Å². The highest BCUT2D eigenvalue weighted by molar-refractivity contribution is 5.81. The van der Waals surface area contributed by atoms with E-state index in [1.165, 1.54) is 0 Å². The monoisotopic (exact) mass is 336 g/mol. The maximum Gasteiger partial charge on any atom is 0.330 e. The second-order valence-electron chi connectivity index (χ2n) is 5.43. The Balaban J connectivity index is 1.89. The molecule has 0 amide bonds. The van der Waals surface area contributed by atoms with Crippen molar-refractivity contribution in [2.75, 3.05) is 0 Å². The third-order valence-corrected chi connectivity index (χ3v) is 3.55. The number of benzene rings is 2. The van der Waals surface area contributed by atoms with E-state index in [0.29, 0.717) is 0 Å². The van der Waals surface area contributed by atoms with Crippen LogP contribution in [0.25, 0.3) is 0 Å². The lowest BCUT2D eigenvalue weighted by atomic mass is 10.0. The Kier molecular flexibility index (Phi) is 6.72. The molecule has 0 fully saturated rings. The maximum absolute atomic E-state index is 11.0. The van der Waals surface area contributed by atoms with Crippen molar-refractivity contribution in [3.05, 3.63) is 96.1 Å². The smallest absolute Gasteiger partial charge is 0.330 e. The molecule has 0 aromatic heterocycles. The lowest BCUT2D eigenvalue weighted by Crippen LogP contribution is -2.00. The minimum absolute atomic E-state index is 0.239. The number of carbonyl (C=O) groups is 2. The number of hydrogen-bond acceptors (Lipinski definition) is 4. The number of ether oxygens (including phenoxy) is 2. The molecule has 2 rings (SSSR count). The van der Waals surface area contributed by atoms with E-state index in [1.54, 1.807) is 0 Å². The molecule has 128 valence electrons. The van der Waals surface area contributed by atoms with Gasteiger partial charge in [0.1, 0.15) is 13.2 Å². The van der Waals surface area contributed by atoms with Gasteiger partial charge in [0.2, 0.25) is 0 Å². The van der Waals surface area contributed by atoms with Crippen LogP contribution in [0.1, 0.15) is 22.3 Å². The normalized spacial score (nSPS) is 9.92. The van der Waals surface area contributed by atoms with E-state index in [2.05, 4.69) is 13.2 Å². The van der Waals surface area contributed by atoms with Gasteiger partial charge in [0, 0.05) is 12.2 Å². The average molecular weight is 336 g/mol. The van der Waals surface area contributed by atoms with Crippen LogP contribution in [0.5, 0.6) is 0 Å². The zero-order chi connectivity index (χ0) is 18.1. The van der Waals surface area contributed by atoms with Gasteiger partial charge in [0.15, 0.2) is 0 Å². The van der Waals surface area contributed by atoms with Crippen molar-refractivity contribution in [1.82, 2.24) is 0 Å². The fourth-order valence-electron chi connectivity index (χ4n) is 2.17. The van der Waals surface area contributed by atoms with Crippen molar-refractivity contribution >= 4 is 11.9 Å². The van der Waals surface area contributed by atoms with Crippen LogP contribution in [0.2, 0.25) is 0 Å². The summed E-state index contributed by atoms with van der Waals surface area (Å²) in [5.41, 5.74) is 4.17. The molecule has 0 aliphatic heterocycles. The zero-order valence-electron chi connectivity index (χ0n) is 13.9. The Hall–Kier alpha value is -3.14. The molecule has 0 aliphatic carbocycles. The summed E-state index contributed by atoms with van der Waals surface area (Å²) in [5.74, 6) is -0.856. The first-order valence-corrected chi connectivity index (χ1v) is 7.84. The molecule has 0 radical (unpaired) electrons. The van der Waals surface area contributed by atoms with Crippen LogP contribution in [-0.2, 0) is 38.7 Å². The van der Waals surface area contributed by atoms with Gasteiger partial charge in [-0.15, -0.1) is 0 Å². The first-order chi connectivity index (χ1) is 12.1. The minimum Gasteiger partial charge on any atom is -0.458 e.